The van der Waals surface area contributed by atoms with E-state index in [0.717, 1.165) is 6.42 Å². The second-order valence-electron chi connectivity index (χ2n) is 4.49. The number of hydrogen-bond acceptors (Lipinski definition) is 0. The van der Waals surface area contributed by atoms with Crippen LogP contribution in [0, 0.1) is 18.8 Å². The first kappa shape index (κ1) is 10.2. The topological polar surface area (TPSA) is 0 Å². The van der Waals surface area contributed by atoms with E-state index in [1.165, 1.54) is 11.1 Å². The molecule has 0 radical (unpaired) electrons. The Kier molecular flexibility index (Phi) is 3.05. The minimum atomic E-state index is 0.663. The molecule has 1 aliphatic carbocycles. The summed E-state index contributed by atoms with van der Waals surface area (Å²) >= 11 is 0. The largest absolute Gasteiger partial charge is 0.0811 e. The van der Waals surface area contributed by atoms with Crippen LogP contribution in [0.1, 0.15) is 18.1 Å². The summed E-state index contributed by atoms with van der Waals surface area (Å²) in [7, 11) is 0. The van der Waals surface area contributed by atoms with Gasteiger partial charge in [-0.1, -0.05) is 61.1 Å². The van der Waals surface area contributed by atoms with Crippen LogP contribution in [0.15, 0.2) is 48.6 Å². The number of rotatable bonds is 2. The first-order valence-electron chi connectivity index (χ1n) is 5.66. The van der Waals surface area contributed by atoms with E-state index in [9.17, 15) is 0 Å². The van der Waals surface area contributed by atoms with E-state index in [1.54, 1.807) is 0 Å². The maximum absolute atomic E-state index is 2.33. The van der Waals surface area contributed by atoms with E-state index in [-0.39, 0.29) is 0 Å². The number of benzene rings is 1. The number of aryl methyl sites for hydroxylation is 1. The van der Waals surface area contributed by atoms with E-state index in [2.05, 4.69) is 62.4 Å². The second kappa shape index (κ2) is 4.48. The highest BCUT2D eigenvalue weighted by atomic mass is 14.2. The molecule has 0 N–H and O–H groups in total. The maximum atomic E-state index is 2.33. The van der Waals surface area contributed by atoms with Crippen molar-refractivity contribution >= 4 is 0 Å². The van der Waals surface area contributed by atoms with Crippen LogP contribution < -0.4 is 0 Å². The van der Waals surface area contributed by atoms with Crippen molar-refractivity contribution in [2.45, 2.75) is 20.3 Å². The highest BCUT2D eigenvalue weighted by molar-refractivity contribution is 5.24. The van der Waals surface area contributed by atoms with E-state index >= 15 is 0 Å². The van der Waals surface area contributed by atoms with Gasteiger partial charge in [0.1, 0.15) is 0 Å². The fourth-order valence-electron chi connectivity index (χ4n) is 2.13. The molecular formula is C15H18. The molecule has 0 heterocycles. The van der Waals surface area contributed by atoms with Crippen molar-refractivity contribution in [3.8, 4) is 0 Å². The maximum Gasteiger partial charge on any atom is -0.0129 e. The molecule has 2 unspecified atom stereocenters. The summed E-state index contributed by atoms with van der Waals surface area (Å²) in [6.07, 6.45) is 10.1. The summed E-state index contributed by atoms with van der Waals surface area (Å²) in [6, 6.07) is 8.83. The van der Waals surface area contributed by atoms with Crippen LogP contribution in [0.25, 0.3) is 0 Å². The van der Waals surface area contributed by atoms with E-state index in [0.29, 0.717) is 11.8 Å². The molecule has 0 saturated heterocycles. The second-order valence-corrected chi connectivity index (χ2v) is 4.49. The van der Waals surface area contributed by atoms with Gasteiger partial charge < -0.3 is 0 Å². The molecule has 2 atom stereocenters. The quantitative estimate of drug-likeness (QED) is 0.675. The lowest BCUT2D eigenvalue weighted by Gasteiger charge is -2.20. The van der Waals surface area contributed by atoms with E-state index in [4.69, 9.17) is 0 Å². The van der Waals surface area contributed by atoms with Gasteiger partial charge in [0, 0.05) is 0 Å². The minimum absolute atomic E-state index is 0.663. The van der Waals surface area contributed by atoms with Gasteiger partial charge in [0.2, 0.25) is 0 Å². The molecule has 0 spiro atoms. The Morgan fingerprint density at radius 1 is 1.13 bits per heavy atom. The Labute approximate surface area is 92.3 Å². The van der Waals surface area contributed by atoms with Crippen molar-refractivity contribution < 1.29 is 0 Å². The van der Waals surface area contributed by atoms with E-state index < -0.39 is 0 Å². The highest BCUT2D eigenvalue weighted by Crippen LogP contribution is 2.23. The summed E-state index contributed by atoms with van der Waals surface area (Å²) in [6.45, 7) is 4.45. The molecule has 1 aromatic carbocycles. The van der Waals surface area contributed by atoms with E-state index in [1.807, 2.05) is 0 Å². The van der Waals surface area contributed by atoms with Crippen LogP contribution in [0.3, 0.4) is 0 Å². The molecule has 78 valence electrons. The third-order valence-corrected chi connectivity index (χ3v) is 3.11. The van der Waals surface area contributed by atoms with Crippen LogP contribution in [-0.2, 0) is 6.42 Å². The van der Waals surface area contributed by atoms with Gasteiger partial charge in [-0.15, -0.1) is 0 Å². The van der Waals surface area contributed by atoms with Crippen molar-refractivity contribution in [2.75, 3.05) is 0 Å². The fraction of sp³-hybridized carbons (Fsp3) is 0.333. The molecule has 0 aliphatic heterocycles. The Hall–Kier alpha value is -1.30. The lowest BCUT2D eigenvalue weighted by atomic mass is 9.85. The number of allylic oxidation sites excluding steroid dienone is 4. The summed E-state index contributed by atoms with van der Waals surface area (Å²) in [5.74, 6) is 1.33. The fourth-order valence-corrected chi connectivity index (χ4v) is 2.13. The summed E-state index contributed by atoms with van der Waals surface area (Å²) in [4.78, 5) is 0. The molecule has 2 rings (SSSR count). The van der Waals surface area contributed by atoms with Crippen LogP contribution in [0.2, 0.25) is 0 Å². The van der Waals surface area contributed by atoms with Crippen molar-refractivity contribution in [3.63, 3.8) is 0 Å². The van der Waals surface area contributed by atoms with Crippen LogP contribution >= 0.6 is 0 Å². The smallest absolute Gasteiger partial charge is 0.0129 e. The summed E-state index contributed by atoms with van der Waals surface area (Å²) in [5, 5.41) is 0. The van der Waals surface area contributed by atoms with Crippen molar-refractivity contribution in [3.05, 3.63) is 59.7 Å². The molecule has 0 saturated carbocycles. The molecule has 0 heteroatoms. The molecule has 1 aliphatic rings. The Balaban J connectivity index is 2.09. The van der Waals surface area contributed by atoms with Gasteiger partial charge in [-0.3, -0.25) is 0 Å². The molecule has 15 heavy (non-hydrogen) atoms. The van der Waals surface area contributed by atoms with Gasteiger partial charge in [0.15, 0.2) is 0 Å². The SMILES string of the molecule is Cc1cccc(CC2C=CC=CC2C)c1. The molecule has 0 fully saturated rings. The minimum Gasteiger partial charge on any atom is -0.0811 e. The zero-order valence-electron chi connectivity index (χ0n) is 9.48. The monoisotopic (exact) mass is 198 g/mol. The van der Waals surface area contributed by atoms with Crippen LogP contribution in [0.4, 0.5) is 0 Å². The predicted molar refractivity (Wildman–Crippen MR) is 65.8 cm³/mol. The normalized spacial score (nSPS) is 24.4. The molecule has 1 aromatic rings. The lowest BCUT2D eigenvalue weighted by molar-refractivity contribution is 0.504. The van der Waals surface area contributed by atoms with Crippen molar-refractivity contribution in [2.24, 2.45) is 11.8 Å². The first-order valence-corrected chi connectivity index (χ1v) is 5.66. The molecular weight excluding hydrogens is 180 g/mol. The average molecular weight is 198 g/mol. The highest BCUT2D eigenvalue weighted by Gasteiger charge is 2.14. The summed E-state index contributed by atoms with van der Waals surface area (Å²) < 4.78 is 0. The standard InChI is InChI=1S/C15H18/c1-12-6-5-8-14(10-12)11-15-9-4-3-7-13(15)2/h3-10,13,15H,11H2,1-2H3. The molecule has 0 bridgehead atoms. The van der Waals surface area contributed by atoms with Gasteiger partial charge in [-0.05, 0) is 30.7 Å². The average Bonchev–Trinajstić information content (AvgIpc) is 2.22. The Morgan fingerprint density at radius 3 is 2.67 bits per heavy atom. The van der Waals surface area contributed by atoms with Crippen molar-refractivity contribution in [1.82, 2.24) is 0 Å². The lowest BCUT2D eigenvalue weighted by Crippen LogP contribution is -2.12. The molecule has 0 aromatic heterocycles. The Bertz CT molecular complexity index is 385. The predicted octanol–water partition coefficient (Wildman–Crippen LogP) is 3.92. The van der Waals surface area contributed by atoms with Gasteiger partial charge in [-0.25, -0.2) is 0 Å². The molecule has 0 nitrogen and oxygen atoms in total. The van der Waals surface area contributed by atoms with Gasteiger partial charge in [0.05, 0.1) is 0 Å². The van der Waals surface area contributed by atoms with Gasteiger partial charge in [-0.2, -0.15) is 0 Å². The zero-order chi connectivity index (χ0) is 10.7. The number of hydrogen-bond donors (Lipinski definition) is 0. The van der Waals surface area contributed by atoms with Gasteiger partial charge >= 0.3 is 0 Å². The Morgan fingerprint density at radius 2 is 1.93 bits per heavy atom. The zero-order valence-corrected chi connectivity index (χ0v) is 9.48. The van der Waals surface area contributed by atoms with Crippen molar-refractivity contribution in [1.29, 1.82) is 0 Å². The third kappa shape index (κ3) is 2.59. The van der Waals surface area contributed by atoms with Crippen LogP contribution in [-0.4, -0.2) is 0 Å². The molecule has 0 amide bonds. The first-order chi connectivity index (χ1) is 7.25. The van der Waals surface area contributed by atoms with Gasteiger partial charge in [0.25, 0.3) is 0 Å². The summed E-state index contributed by atoms with van der Waals surface area (Å²) in [5.41, 5.74) is 2.81. The van der Waals surface area contributed by atoms with Crippen LogP contribution in [0.5, 0.6) is 0 Å². The third-order valence-electron chi connectivity index (χ3n) is 3.11.